The van der Waals surface area contributed by atoms with Crippen molar-refractivity contribution in [3.63, 3.8) is 0 Å². The highest BCUT2D eigenvalue weighted by molar-refractivity contribution is 8.01. The van der Waals surface area contributed by atoms with Crippen LogP contribution >= 0.6 is 11.8 Å². The Morgan fingerprint density at radius 3 is 2.32 bits per heavy atom. The summed E-state index contributed by atoms with van der Waals surface area (Å²) in [4.78, 5) is 14.7. The first-order valence-electron chi connectivity index (χ1n) is 12.2. The summed E-state index contributed by atoms with van der Waals surface area (Å²) in [5, 5.41) is 49.9. The average molecular weight is 563 g/mol. The van der Waals surface area contributed by atoms with Crippen LogP contribution in [0, 0.1) is 17.5 Å². The van der Waals surface area contributed by atoms with Gasteiger partial charge in [-0.15, -0.1) is 16.9 Å². The standard InChI is InChI=1S/C24H33F3N4O6S/c1-5-24(36,6-2)21(22(35)30(4)7-3)38-23-20(34)18(19(33)16(11-32)37-23)31-10-15(28-29-31)12-8-13(25)17(27)14(26)9-12/h8-10,16,18-21,23,32-34,36H,5-7,11H2,1-4H3/t16-,18+,19+,20-,21+,23+/m1/s1. The summed E-state index contributed by atoms with van der Waals surface area (Å²) >= 11 is 0.872. The lowest BCUT2D eigenvalue weighted by Gasteiger charge is -2.44. The zero-order valence-corrected chi connectivity index (χ0v) is 22.3. The molecule has 2 heterocycles. The molecular weight excluding hydrogens is 529 g/mol. The van der Waals surface area contributed by atoms with Crippen LogP contribution in [0.3, 0.4) is 0 Å². The van der Waals surface area contributed by atoms with E-state index in [4.69, 9.17) is 4.74 Å². The van der Waals surface area contributed by atoms with Gasteiger partial charge in [0.1, 0.15) is 40.7 Å². The van der Waals surface area contributed by atoms with Crippen LogP contribution in [0.2, 0.25) is 0 Å². The van der Waals surface area contributed by atoms with Crippen LogP contribution in [0.4, 0.5) is 13.2 Å². The van der Waals surface area contributed by atoms with Crippen LogP contribution in [-0.2, 0) is 9.53 Å². The number of amides is 1. The van der Waals surface area contributed by atoms with Crippen molar-refractivity contribution in [3.8, 4) is 11.3 Å². The molecule has 38 heavy (non-hydrogen) atoms. The van der Waals surface area contributed by atoms with Crippen molar-refractivity contribution < 1.29 is 43.1 Å². The summed E-state index contributed by atoms with van der Waals surface area (Å²) in [6, 6.07) is 0.205. The Bertz CT molecular complexity index is 1100. The van der Waals surface area contributed by atoms with Gasteiger partial charge in [-0.05, 0) is 31.9 Å². The molecule has 0 radical (unpaired) electrons. The van der Waals surface area contributed by atoms with Crippen LogP contribution in [0.25, 0.3) is 11.3 Å². The monoisotopic (exact) mass is 562 g/mol. The third-order valence-electron chi connectivity index (χ3n) is 7.00. The lowest BCUT2D eigenvalue weighted by atomic mass is 9.92. The van der Waals surface area contributed by atoms with Crippen molar-refractivity contribution in [1.29, 1.82) is 0 Å². The summed E-state index contributed by atoms with van der Waals surface area (Å²) in [5.74, 6) is -4.88. The Hall–Kier alpha value is -2.23. The summed E-state index contributed by atoms with van der Waals surface area (Å²) in [6.07, 6.45) is -2.54. The predicted molar refractivity (Wildman–Crippen MR) is 132 cm³/mol. The first-order valence-corrected chi connectivity index (χ1v) is 13.2. The van der Waals surface area contributed by atoms with E-state index in [9.17, 15) is 38.4 Å². The first kappa shape index (κ1) is 30.3. The summed E-state index contributed by atoms with van der Waals surface area (Å²) < 4.78 is 47.7. The zero-order valence-electron chi connectivity index (χ0n) is 21.5. The van der Waals surface area contributed by atoms with Crippen LogP contribution in [0.15, 0.2) is 18.3 Å². The minimum absolute atomic E-state index is 0.0672. The van der Waals surface area contributed by atoms with Crippen molar-refractivity contribution in [2.24, 2.45) is 0 Å². The van der Waals surface area contributed by atoms with Crippen molar-refractivity contribution in [3.05, 3.63) is 35.8 Å². The Labute approximate surface area is 222 Å². The molecular formula is C24H33F3N4O6S. The third-order valence-corrected chi connectivity index (χ3v) is 8.57. The molecule has 212 valence electrons. The molecule has 0 spiro atoms. The summed E-state index contributed by atoms with van der Waals surface area (Å²) in [5.41, 5.74) is -2.83. The number of aliphatic hydroxyl groups excluding tert-OH is 3. The van der Waals surface area contributed by atoms with Gasteiger partial charge in [0.15, 0.2) is 17.5 Å². The topological polar surface area (TPSA) is 141 Å². The van der Waals surface area contributed by atoms with E-state index < -0.39 is 64.7 Å². The molecule has 0 bridgehead atoms. The largest absolute Gasteiger partial charge is 0.394 e. The normalized spacial score (nSPS) is 24.9. The highest BCUT2D eigenvalue weighted by Crippen LogP contribution is 2.41. The highest BCUT2D eigenvalue weighted by Gasteiger charge is 2.50. The van der Waals surface area contributed by atoms with Gasteiger partial charge in [0.2, 0.25) is 5.91 Å². The molecule has 1 aliphatic heterocycles. The molecule has 1 aromatic heterocycles. The molecule has 10 nitrogen and oxygen atoms in total. The fourth-order valence-corrected chi connectivity index (χ4v) is 5.96. The maximum Gasteiger partial charge on any atom is 0.238 e. The van der Waals surface area contributed by atoms with E-state index in [1.807, 2.05) is 0 Å². The van der Waals surface area contributed by atoms with Crippen LogP contribution in [-0.4, -0.2) is 101 Å². The van der Waals surface area contributed by atoms with Gasteiger partial charge < -0.3 is 30.1 Å². The van der Waals surface area contributed by atoms with E-state index in [0.29, 0.717) is 6.54 Å². The van der Waals surface area contributed by atoms with E-state index in [-0.39, 0.29) is 30.0 Å². The zero-order chi connectivity index (χ0) is 28.4. The van der Waals surface area contributed by atoms with Gasteiger partial charge in [-0.2, -0.15) is 0 Å². The fraction of sp³-hybridized carbons (Fsp3) is 0.625. The molecule has 0 aliphatic carbocycles. The number of carbonyl (C=O) groups excluding carboxylic acids is 1. The Kier molecular flexibility index (Phi) is 9.81. The van der Waals surface area contributed by atoms with E-state index in [1.54, 1.807) is 27.8 Å². The van der Waals surface area contributed by atoms with Crippen LogP contribution in [0.1, 0.15) is 39.7 Å². The smallest absolute Gasteiger partial charge is 0.238 e. The minimum atomic E-state index is -1.64. The second-order valence-electron chi connectivity index (χ2n) is 9.21. The predicted octanol–water partition coefficient (Wildman–Crippen LogP) is 1.47. The molecule has 1 saturated heterocycles. The molecule has 0 saturated carbocycles. The van der Waals surface area contributed by atoms with Gasteiger partial charge in [0, 0.05) is 19.2 Å². The van der Waals surface area contributed by atoms with Gasteiger partial charge in [-0.25, -0.2) is 17.9 Å². The fourth-order valence-electron chi connectivity index (χ4n) is 4.28. The number of hydrogen-bond donors (Lipinski definition) is 4. The number of rotatable bonds is 10. The first-order chi connectivity index (χ1) is 17.9. The number of halogens is 3. The molecule has 3 rings (SSSR count). The van der Waals surface area contributed by atoms with E-state index in [0.717, 1.165) is 28.6 Å². The molecule has 1 fully saturated rings. The summed E-state index contributed by atoms with van der Waals surface area (Å²) in [6.45, 7) is 4.97. The number of nitrogens with zero attached hydrogens (tertiary/aromatic N) is 4. The van der Waals surface area contributed by atoms with Gasteiger partial charge in [0.25, 0.3) is 0 Å². The SMILES string of the molecule is CCN(C)C(=O)[C@H](S[C@@H]1O[C@H](CO)[C@H](O)[C@H](n2cc(-c3cc(F)c(F)c(F)c3)nn2)[C@H]1O)C(O)(CC)CC. The lowest BCUT2D eigenvalue weighted by Crippen LogP contribution is -2.57. The van der Waals surface area contributed by atoms with E-state index in [1.165, 1.54) is 11.1 Å². The van der Waals surface area contributed by atoms with Gasteiger partial charge in [-0.1, -0.05) is 19.1 Å². The summed E-state index contributed by atoms with van der Waals surface area (Å²) in [7, 11) is 1.58. The average Bonchev–Trinajstić information content (AvgIpc) is 3.39. The molecule has 14 heteroatoms. The highest BCUT2D eigenvalue weighted by atomic mass is 32.2. The molecule has 1 aromatic carbocycles. The van der Waals surface area contributed by atoms with Gasteiger partial charge >= 0.3 is 0 Å². The van der Waals surface area contributed by atoms with Crippen LogP contribution in [0.5, 0.6) is 0 Å². The van der Waals surface area contributed by atoms with Gasteiger partial charge in [-0.3, -0.25) is 4.79 Å². The number of hydrogen-bond acceptors (Lipinski definition) is 9. The van der Waals surface area contributed by atoms with E-state index in [2.05, 4.69) is 10.3 Å². The Morgan fingerprint density at radius 2 is 1.79 bits per heavy atom. The van der Waals surface area contributed by atoms with Crippen molar-refractivity contribution >= 4 is 17.7 Å². The van der Waals surface area contributed by atoms with Crippen molar-refractivity contribution in [2.75, 3.05) is 20.2 Å². The number of aromatic nitrogens is 3. The number of ether oxygens (including phenoxy) is 1. The van der Waals surface area contributed by atoms with E-state index >= 15 is 0 Å². The number of aliphatic hydroxyl groups is 4. The maximum atomic E-state index is 13.7. The second-order valence-corrected chi connectivity index (χ2v) is 10.4. The van der Waals surface area contributed by atoms with Gasteiger partial charge in [0.05, 0.1) is 18.4 Å². The van der Waals surface area contributed by atoms with Crippen molar-refractivity contribution in [2.45, 2.75) is 74.3 Å². The second kappa shape index (κ2) is 12.3. The molecule has 2 aromatic rings. The molecule has 4 N–H and O–H groups in total. The third kappa shape index (κ3) is 5.84. The lowest BCUT2D eigenvalue weighted by molar-refractivity contribution is -0.179. The van der Waals surface area contributed by atoms with Crippen molar-refractivity contribution in [1.82, 2.24) is 19.9 Å². The number of thioether (sulfide) groups is 1. The maximum absolute atomic E-state index is 13.7. The Balaban J connectivity index is 1.97. The molecule has 1 amide bonds. The number of benzene rings is 1. The molecule has 0 unspecified atom stereocenters. The Morgan fingerprint density at radius 1 is 1.18 bits per heavy atom. The number of carbonyl (C=O) groups is 1. The minimum Gasteiger partial charge on any atom is -0.394 e. The van der Waals surface area contributed by atoms with Crippen LogP contribution < -0.4 is 0 Å². The quantitative estimate of drug-likeness (QED) is 0.317. The molecule has 1 aliphatic rings. The molecule has 6 atom stereocenters.